The molecule has 0 unspecified atom stereocenters. The molecule has 1 aromatic rings. The van der Waals surface area contributed by atoms with Gasteiger partial charge in [0.2, 0.25) is 5.91 Å². The molecule has 0 heterocycles. The fraction of sp³-hybridized carbons (Fsp3) is 0.529. The molecule has 0 radical (unpaired) electrons. The Morgan fingerprint density at radius 2 is 1.77 bits per heavy atom. The van der Waals surface area contributed by atoms with E-state index in [0.29, 0.717) is 25.7 Å². The summed E-state index contributed by atoms with van der Waals surface area (Å²) in [5.74, 6) is -0.193. The van der Waals surface area contributed by atoms with Crippen LogP contribution in [-0.2, 0) is 16.0 Å². The topological polar surface area (TPSA) is 75.6 Å². The zero-order valence-electron chi connectivity index (χ0n) is 13.5. The number of aliphatic carboxylic acids is 1. The lowest BCUT2D eigenvalue weighted by Crippen LogP contribution is -2.42. The Hall–Kier alpha value is -2.04. The first-order valence-corrected chi connectivity index (χ1v) is 7.60. The first-order chi connectivity index (χ1) is 10.5. The molecular weight excluding hydrogens is 282 g/mol. The zero-order valence-corrected chi connectivity index (χ0v) is 13.5. The zero-order chi connectivity index (χ0) is 16.6. The van der Waals surface area contributed by atoms with Crippen LogP contribution in [0.3, 0.4) is 0 Å². The summed E-state index contributed by atoms with van der Waals surface area (Å²) in [6.45, 7) is 3.85. The number of carboxylic acid groups (broad SMARTS) is 1. The standard InChI is InChI=1S/C17H25NO4/c1-4-17(5-2,16(20)21)12-18-15(19)11-8-13-6-9-14(22-3)10-7-13/h6-7,9-10H,4-5,8,11-12H2,1-3H3,(H,18,19)(H,20,21). The molecule has 1 rings (SSSR count). The van der Waals surface area contributed by atoms with E-state index in [1.165, 1.54) is 0 Å². The average Bonchev–Trinajstić information content (AvgIpc) is 2.54. The Morgan fingerprint density at radius 3 is 2.23 bits per heavy atom. The summed E-state index contributed by atoms with van der Waals surface area (Å²) >= 11 is 0. The van der Waals surface area contributed by atoms with Crippen molar-refractivity contribution < 1.29 is 19.4 Å². The Kier molecular flexibility index (Phi) is 6.89. The molecule has 0 aliphatic heterocycles. The summed E-state index contributed by atoms with van der Waals surface area (Å²) < 4.78 is 5.08. The molecular formula is C17H25NO4. The second-order valence-electron chi connectivity index (χ2n) is 5.42. The Labute approximate surface area is 131 Å². The van der Waals surface area contributed by atoms with Crippen molar-refractivity contribution in [2.24, 2.45) is 5.41 Å². The molecule has 0 spiro atoms. The molecule has 22 heavy (non-hydrogen) atoms. The normalized spacial score (nSPS) is 11.0. The van der Waals surface area contributed by atoms with E-state index in [-0.39, 0.29) is 12.5 Å². The molecule has 5 heteroatoms. The average molecular weight is 307 g/mol. The van der Waals surface area contributed by atoms with Crippen LogP contribution in [0.25, 0.3) is 0 Å². The lowest BCUT2D eigenvalue weighted by atomic mass is 9.82. The molecule has 122 valence electrons. The second kappa shape index (κ2) is 8.41. The number of carbonyl (C=O) groups is 2. The van der Waals surface area contributed by atoms with Crippen molar-refractivity contribution >= 4 is 11.9 Å². The lowest BCUT2D eigenvalue weighted by Gasteiger charge is -2.26. The van der Waals surface area contributed by atoms with E-state index < -0.39 is 11.4 Å². The molecule has 5 nitrogen and oxygen atoms in total. The van der Waals surface area contributed by atoms with Crippen LogP contribution in [0.5, 0.6) is 5.75 Å². The third kappa shape index (κ3) is 4.76. The largest absolute Gasteiger partial charge is 0.497 e. The number of methoxy groups -OCH3 is 1. The maximum absolute atomic E-state index is 11.9. The molecule has 0 saturated carbocycles. The highest BCUT2D eigenvalue weighted by atomic mass is 16.5. The van der Waals surface area contributed by atoms with Gasteiger partial charge in [-0.15, -0.1) is 0 Å². The molecule has 1 amide bonds. The molecule has 1 aromatic carbocycles. The smallest absolute Gasteiger partial charge is 0.311 e. The number of benzene rings is 1. The van der Waals surface area contributed by atoms with Gasteiger partial charge in [-0.3, -0.25) is 9.59 Å². The van der Waals surface area contributed by atoms with Gasteiger partial charge in [0.15, 0.2) is 0 Å². The van der Waals surface area contributed by atoms with E-state index >= 15 is 0 Å². The van der Waals surface area contributed by atoms with Gasteiger partial charge in [0, 0.05) is 13.0 Å². The maximum atomic E-state index is 11.9. The third-order valence-corrected chi connectivity index (χ3v) is 4.23. The Bertz CT molecular complexity index is 492. The number of hydrogen-bond acceptors (Lipinski definition) is 3. The van der Waals surface area contributed by atoms with Crippen LogP contribution in [0.15, 0.2) is 24.3 Å². The number of hydrogen-bond donors (Lipinski definition) is 2. The van der Waals surface area contributed by atoms with Gasteiger partial charge < -0.3 is 15.2 Å². The number of rotatable bonds is 9. The number of carboxylic acids is 1. The van der Waals surface area contributed by atoms with Crippen molar-refractivity contribution in [3.8, 4) is 5.75 Å². The molecule has 0 bridgehead atoms. The lowest BCUT2D eigenvalue weighted by molar-refractivity contribution is -0.149. The van der Waals surface area contributed by atoms with Crippen LogP contribution in [-0.4, -0.2) is 30.6 Å². The van der Waals surface area contributed by atoms with Gasteiger partial charge in [0.25, 0.3) is 0 Å². The molecule has 2 N–H and O–H groups in total. The van der Waals surface area contributed by atoms with Crippen LogP contribution in [0.4, 0.5) is 0 Å². The first kappa shape index (κ1) is 18.0. The van der Waals surface area contributed by atoms with Crippen molar-refractivity contribution in [1.29, 1.82) is 0 Å². The van der Waals surface area contributed by atoms with Crippen LogP contribution >= 0.6 is 0 Å². The summed E-state index contributed by atoms with van der Waals surface area (Å²) in [6.07, 6.45) is 1.96. The van der Waals surface area contributed by atoms with E-state index in [1.807, 2.05) is 38.1 Å². The second-order valence-corrected chi connectivity index (χ2v) is 5.42. The summed E-state index contributed by atoms with van der Waals surface area (Å²) in [4.78, 5) is 23.3. The van der Waals surface area contributed by atoms with Crippen LogP contribution in [0, 0.1) is 5.41 Å². The van der Waals surface area contributed by atoms with Crippen molar-refractivity contribution in [3.05, 3.63) is 29.8 Å². The molecule has 0 atom stereocenters. The fourth-order valence-electron chi connectivity index (χ4n) is 2.28. The van der Waals surface area contributed by atoms with Crippen LogP contribution in [0.1, 0.15) is 38.7 Å². The van der Waals surface area contributed by atoms with Crippen LogP contribution in [0.2, 0.25) is 0 Å². The number of carbonyl (C=O) groups excluding carboxylic acids is 1. The summed E-state index contributed by atoms with van der Waals surface area (Å²) in [7, 11) is 1.61. The number of nitrogens with one attached hydrogen (secondary N) is 1. The molecule has 0 saturated heterocycles. The van der Waals surface area contributed by atoms with Gasteiger partial charge in [-0.25, -0.2) is 0 Å². The number of aryl methyl sites for hydroxylation is 1. The van der Waals surface area contributed by atoms with Crippen molar-refractivity contribution in [1.82, 2.24) is 5.32 Å². The summed E-state index contributed by atoms with van der Waals surface area (Å²) in [5, 5.41) is 12.1. The highest BCUT2D eigenvalue weighted by Crippen LogP contribution is 2.25. The van der Waals surface area contributed by atoms with Crippen molar-refractivity contribution in [3.63, 3.8) is 0 Å². The predicted molar refractivity (Wildman–Crippen MR) is 85.0 cm³/mol. The number of amides is 1. The SMILES string of the molecule is CCC(CC)(CNC(=O)CCc1ccc(OC)cc1)C(=O)O. The quantitative estimate of drug-likeness (QED) is 0.735. The van der Waals surface area contributed by atoms with Gasteiger partial charge in [0.05, 0.1) is 12.5 Å². The summed E-state index contributed by atoms with van der Waals surface area (Å²) in [6, 6.07) is 7.56. The molecule has 0 aliphatic rings. The maximum Gasteiger partial charge on any atom is 0.311 e. The monoisotopic (exact) mass is 307 g/mol. The van der Waals surface area contributed by atoms with Gasteiger partial charge in [-0.1, -0.05) is 26.0 Å². The van der Waals surface area contributed by atoms with Gasteiger partial charge in [-0.2, -0.15) is 0 Å². The molecule has 0 aliphatic carbocycles. The third-order valence-electron chi connectivity index (χ3n) is 4.23. The van der Waals surface area contributed by atoms with Crippen LogP contribution < -0.4 is 10.1 Å². The van der Waals surface area contributed by atoms with Gasteiger partial charge >= 0.3 is 5.97 Å². The molecule has 0 aromatic heterocycles. The van der Waals surface area contributed by atoms with Crippen molar-refractivity contribution in [2.45, 2.75) is 39.5 Å². The van der Waals surface area contributed by atoms with E-state index in [2.05, 4.69) is 5.32 Å². The minimum atomic E-state index is -0.865. The highest BCUT2D eigenvalue weighted by Gasteiger charge is 2.34. The molecule has 0 fully saturated rings. The van der Waals surface area contributed by atoms with E-state index in [9.17, 15) is 14.7 Å². The van der Waals surface area contributed by atoms with E-state index in [1.54, 1.807) is 7.11 Å². The van der Waals surface area contributed by atoms with E-state index in [4.69, 9.17) is 4.74 Å². The van der Waals surface area contributed by atoms with Gasteiger partial charge in [-0.05, 0) is 37.0 Å². The first-order valence-electron chi connectivity index (χ1n) is 7.60. The number of ether oxygens (including phenoxy) is 1. The Balaban J connectivity index is 2.47. The van der Waals surface area contributed by atoms with Crippen molar-refractivity contribution in [2.75, 3.05) is 13.7 Å². The Morgan fingerprint density at radius 1 is 1.18 bits per heavy atom. The van der Waals surface area contributed by atoms with Gasteiger partial charge in [0.1, 0.15) is 5.75 Å². The highest BCUT2D eigenvalue weighted by molar-refractivity contribution is 5.79. The minimum absolute atomic E-state index is 0.122. The van der Waals surface area contributed by atoms with E-state index in [0.717, 1.165) is 11.3 Å². The summed E-state index contributed by atoms with van der Waals surface area (Å²) in [5.41, 5.74) is 0.182. The predicted octanol–water partition coefficient (Wildman–Crippen LogP) is 2.64. The minimum Gasteiger partial charge on any atom is -0.497 e. The fourth-order valence-corrected chi connectivity index (χ4v) is 2.28.